The second-order valence-electron chi connectivity index (χ2n) is 4.94. The Morgan fingerprint density at radius 3 is 2.53 bits per heavy atom. The molecule has 1 aliphatic carbocycles. The fourth-order valence-electron chi connectivity index (χ4n) is 2.19. The van der Waals surface area contributed by atoms with E-state index in [2.05, 4.69) is 12.1 Å². The highest BCUT2D eigenvalue weighted by Crippen LogP contribution is 2.36. The molecule has 19 heavy (non-hydrogen) atoms. The maximum atomic E-state index is 11.8. The fraction of sp³-hybridized carbons (Fsp3) is 0.562. The smallest absolute Gasteiger partial charge is 0.338 e. The van der Waals surface area contributed by atoms with E-state index in [9.17, 15) is 4.79 Å². The van der Waals surface area contributed by atoms with Crippen molar-refractivity contribution in [2.45, 2.75) is 38.5 Å². The van der Waals surface area contributed by atoms with Gasteiger partial charge < -0.3 is 9.47 Å². The van der Waals surface area contributed by atoms with Crippen LogP contribution in [-0.4, -0.2) is 25.8 Å². The zero-order chi connectivity index (χ0) is 13.5. The number of esters is 1. The summed E-state index contributed by atoms with van der Waals surface area (Å²) in [5.74, 6) is 0.466. The van der Waals surface area contributed by atoms with Crippen molar-refractivity contribution in [1.82, 2.24) is 0 Å². The number of ether oxygens (including phenoxy) is 2. The van der Waals surface area contributed by atoms with Crippen molar-refractivity contribution in [3.63, 3.8) is 0 Å². The molecule has 0 unspecified atom stereocenters. The van der Waals surface area contributed by atoms with Gasteiger partial charge in [0.05, 0.1) is 12.2 Å². The highest BCUT2D eigenvalue weighted by atomic mass is 16.5. The first-order valence-electron chi connectivity index (χ1n) is 7.16. The first kappa shape index (κ1) is 14.1. The van der Waals surface area contributed by atoms with E-state index in [0.717, 1.165) is 6.42 Å². The molecule has 1 aromatic carbocycles. The van der Waals surface area contributed by atoms with Crippen LogP contribution >= 0.6 is 0 Å². The molecular weight excluding hydrogens is 240 g/mol. The zero-order valence-electron chi connectivity index (χ0n) is 11.6. The van der Waals surface area contributed by atoms with Gasteiger partial charge in [-0.15, -0.1) is 0 Å². The highest BCUT2D eigenvalue weighted by molar-refractivity contribution is 5.89. The lowest BCUT2D eigenvalue weighted by Crippen LogP contribution is -2.10. The lowest BCUT2D eigenvalue weighted by molar-refractivity contribution is 0.0452. The third-order valence-electron chi connectivity index (χ3n) is 3.59. The van der Waals surface area contributed by atoms with Crippen LogP contribution < -0.4 is 0 Å². The van der Waals surface area contributed by atoms with Crippen molar-refractivity contribution < 1.29 is 14.3 Å². The molecule has 0 spiro atoms. The Morgan fingerprint density at radius 2 is 1.95 bits per heavy atom. The predicted octanol–water partition coefficient (Wildman–Crippen LogP) is 3.54. The summed E-state index contributed by atoms with van der Waals surface area (Å²) in [6, 6.07) is 7.86. The average molecular weight is 262 g/mol. The summed E-state index contributed by atoms with van der Waals surface area (Å²) in [6.07, 6.45) is 4.64. The minimum Gasteiger partial charge on any atom is -0.462 e. The van der Waals surface area contributed by atoms with Crippen LogP contribution in [-0.2, 0) is 9.47 Å². The Labute approximate surface area is 114 Å². The van der Waals surface area contributed by atoms with Gasteiger partial charge in [0.15, 0.2) is 0 Å². The summed E-state index contributed by atoms with van der Waals surface area (Å²) < 4.78 is 10.4. The lowest BCUT2D eigenvalue weighted by Gasteiger charge is -2.25. The monoisotopic (exact) mass is 262 g/mol. The van der Waals surface area contributed by atoms with Gasteiger partial charge in [0.1, 0.15) is 0 Å². The molecule has 0 bridgehead atoms. The van der Waals surface area contributed by atoms with Gasteiger partial charge in [-0.2, -0.15) is 0 Å². The second-order valence-corrected chi connectivity index (χ2v) is 4.94. The van der Waals surface area contributed by atoms with Crippen molar-refractivity contribution in [1.29, 1.82) is 0 Å². The summed E-state index contributed by atoms with van der Waals surface area (Å²) >= 11 is 0. The molecule has 0 radical (unpaired) electrons. The quantitative estimate of drug-likeness (QED) is 0.557. The molecule has 0 heterocycles. The molecule has 3 heteroatoms. The maximum absolute atomic E-state index is 11.8. The summed E-state index contributed by atoms with van der Waals surface area (Å²) in [6.45, 7) is 3.72. The van der Waals surface area contributed by atoms with E-state index >= 15 is 0 Å². The molecule has 0 atom stereocenters. The van der Waals surface area contributed by atoms with Crippen LogP contribution in [0.3, 0.4) is 0 Å². The summed E-state index contributed by atoms with van der Waals surface area (Å²) in [7, 11) is 0. The molecule has 1 fully saturated rings. The van der Waals surface area contributed by atoms with E-state index in [1.165, 1.54) is 24.8 Å². The molecule has 104 valence electrons. The minimum atomic E-state index is -0.239. The molecule has 0 N–H and O–H groups in total. The highest BCUT2D eigenvalue weighted by Gasteiger charge is 2.19. The van der Waals surface area contributed by atoms with Crippen LogP contribution in [0.15, 0.2) is 24.3 Å². The van der Waals surface area contributed by atoms with Gasteiger partial charge in [-0.25, -0.2) is 4.79 Å². The van der Waals surface area contributed by atoms with E-state index in [0.29, 0.717) is 31.3 Å². The van der Waals surface area contributed by atoms with Gasteiger partial charge in [-0.3, -0.25) is 0 Å². The van der Waals surface area contributed by atoms with E-state index in [4.69, 9.17) is 9.47 Å². The molecule has 0 saturated heterocycles. The Bertz CT molecular complexity index is 393. The van der Waals surface area contributed by atoms with Gasteiger partial charge in [0, 0.05) is 19.6 Å². The Hall–Kier alpha value is -1.35. The molecule has 2 rings (SSSR count). The zero-order valence-corrected chi connectivity index (χ0v) is 11.6. The standard InChI is InChI=1S/C16H22O3/c1-2-18-11-4-12-19-16(17)15-9-7-14(8-10-15)13-5-3-6-13/h7-10,13H,2-6,11-12H2,1H3. The third-order valence-corrected chi connectivity index (χ3v) is 3.59. The number of hydrogen-bond donors (Lipinski definition) is 0. The normalized spacial score (nSPS) is 15.0. The molecule has 0 aliphatic heterocycles. The largest absolute Gasteiger partial charge is 0.462 e. The van der Waals surface area contributed by atoms with Crippen LogP contribution in [0.1, 0.15) is 54.4 Å². The molecule has 1 aromatic rings. The Balaban J connectivity index is 1.75. The van der Waals surface area contributed by atoms with Gasteiger partial charge in [0.25, 0.3) is 0 Å². The minimum absolute atomic E-state index is 0.239. The summed E-state index contributed by atoms with van der Waals surface area (Å²) in [5, 5.41) is 0. The Kier molecular flexibility index (Phi) is 5.40. The van der Waals surface area contributed by atoms with Gasteiger partial charge in [-0.1, -0.05) is 18.6 Å². The van der Waals surface area contributed by atoms with Gasteiger partial charge in [-0.05, 0) is 43.4 Å². The second kappa shape index (κ2) is 7.29. The van der Waals surface area contributed by atoms with Crippen molar-refractivity contribution >= 4 is 5.97 Å². The van der Waals surface area contributed by atoms with E-state index in [1.54, 1.807) is 0 Å². The van der Waals surface area contributed by atoms with Crippen LogP contribution in [0.4, 0.5) is 0 Å². The topological polar surface area (TPSA) is 35.5 Å². The SMILES string of the molecule is CCOCCCOC(=O)c1ccc(C2CCC2)cc1. The average Bonchev–Trinajstić information content (AvgIpc) is 2.37. The summed E-state index contributed by atoms with van der Waals surface area (Å²) in [5.41, 5.74) is 1.98. The molecule has 0 amide bonds. The number of carbonyl (C=O) groups is 1. The molecular formula is C16H22O3. The maximum Gasteiger partial charge on any atom is 0.338 e. The first-order chi connectivity index (χ1) is 9.31. The molecule has 3 nitrogen and oxygen atoms in total. The van der Waals surface area contributed by atoms with E-state index in [-0.39, 0.29) is 5.97 Å². The molecule has 0 aromatic heterocycles. The van der Waals surface area contributed by atoms with Crippen molar-refractivity contribution in [2.75, 3.05) is 19.8 Å². The van der Waals surface area contributed by atoms with E-state index < -0.39 is 0 Å². The first-order valence-corrected chi connectivity index (χ1v) is 7.16. The van der Waals surface area contributed by atoms with Crippen LogP contribution in [0, 0.1) is 0 Å². The summed E-state index contributed by atoms with van der Waals surface area (Å²) in [4.78, 5) is 11.8. The number of rotatable bonds is 7. The van der Waals surface area contributed by atoms with E-state index in [1.807, 2.05) is 19.1 Å². The number of hydrogen-bond acceptors (Lipinski definition) is 3. The Morgan fingerprint density at radius 1 is 1.21 bits per heavy atom. The van der Waals surface area contributed by atoms with Gasteiger partial charge in [0.2, 0.25) is 0 Å². The van der Waals surface area contributed by atoms with Crippen LogP contribution in [0.2, 0.25) is 0 Å². The fourth-order valence-corrected chi connectivity index (χ4v) is 2.19. The predicted molar refractivity (Wildman–Crippen MR) is 74.4 cm³/mol. The van der Waals surface area contributed by atoms with Gasteiger partial charge >= 0.3 is 5.97 Å². The lowest BCUT2D eigenvalue weighted by atomic mass is 9.80. The van der Waals surface area contributed by atoms with Crippen LogP contribution in [0.25, 0.3) is 0 Å². The van der Waals surface area contributed by atoms with Crippen molar-refractivity contribution in [2.24, 2.45) is 0 Å². The van der Waals surface area contributed by atoms with Crippen molar-refractivity contribution in [3.05, 3.63) is 35.4 Å². The van der Waals surface area contributed by atoms with Crippen molar-refractivity contribution in [3.8, 4) is 0 Å². The number of benzene rings is 1. The number of carbonyl (C=O) groups excluding carboxylic acids is 1. The molecule has 1 aliphatic rings. The third kappa shape index (κ3) is 4.06. The molecule has 1 saturated carbocycles. The van der Waals surface area contributed by atoms with Crippen LogP contribution in [0.5, 0.6) is 0 Å².